The molecule has 3 aromatic rings. The normalized spacial score (nSPS) is 17.9. The molecule has 0 atom stereocenters. The largest absolute Gasteiger partial charge is 0.362 e. The van der Waals surface area contributed by atoms with Crippen LogP contribution in [0.1, 0.15) is 66.7 Å². The molecule has 0 aromatic heterocycles. The lowest BCUT2D eigenvalue weighted by Gasteiger charge is -2.37. The van der Waals surface area contributed by atoms with Crippen molar-refractivity contribution in [2.75, 3.05) is 0 Å². The Morgan fingerprint density at radius 2 is 1.14 bits per heavy atom. The van der Waals surface area contributed by atoms with Crippen LogP contribution in [0.5, 0.6) is 0 Å². The third-order valence-corrected chi connectivity index (χ3v) is 7.54. The summed E-state index contributed by atoms with van der Waals surface area (Å²) >= 11 is 0. The molecule has 3 aromatic carbocycles. The lowest BCUT2D eigenvalue weighted by molar-refractivity contribution is -0.116. The van der Waals surface area contributed by atoms with Crippen LogP contribution in [0.2, 0.25) is 0 Å². The van der Waals surface area contributed by atoms with E-state index in [-0.39, 0.29) is 17.5 Å². The van der Waals surface area contributed by atoms with E-state index in [9.17, 15) is 9.59 Å². The highest BCUT2D eigenvalue weighted by molar-refractivity contribution is 6.06. The predicted octanol–water partition coefficient (Wildman–Crippen LogP) is 6.98. The fraction of sp³-hybridized carbons (Fsp3) is 0.212. The molecule has 36 heavy (non-hydrogen) atoms. The number of carbonyl (C=O) groups is 2. The molecule has 3 heteroatoms. The number of hydrogen-bond acceptors (Lipinski definition) is 3. The predicted molar refractivity (Wildman–Crippen MR) is 144 cm³/mol. The first-order valence-corrected chi connectivity index (χ1v) is 12.9. The van der Waals surface area contributed by atoms with Gasteiger partial charge in [-0.05, 0) is 59.6 Å². The Labute approximate surface area is 212 Å². The van der Waals surface area contributed by atoms with Gasteiger partial charge in [0.25, 0.3) is 0 Å². The SMILES string of the molecule is O=C1CCCC2=C1C(c1ccc(C=C(c3ccccc3)c3ccccc3)cc1)C1=C(CCCC1=O)N2. The van der Waals surface area contributed by atoms with E-state index < -0.39 is 0 Å². The van der Waals surface area contributed by atoms with Gasteiger partial charge in [0, 0.05) is 41.3 Å². The molecule has 1 N–H and O–H groups in total. The van der Waals surface area contributed by atoms with Gasteiger partial charge in [-0.2, -0.15) is 0 Å². The minimum atomic E-state index is -0.252. The highest BCUT2D eigenvalue weighted by Crippen LogP contribution is 2.45. The molecule has 0 amide bonds. The van der Waals surface area contributed by atoms with Crippen molar-refractivity contribution in [3.8, 4) is 0 Å². The average Bonchev–Trinajstić information content (AvgIpc) is 2.92. The quantitative estimate of drug-likeness (QED) is 0.418. The van der Waals surface area contributed by atoms with Gasteiger partial charge in [0.05, 0.1) is 0 Å². The van der Waals surface area contributed by atoms with Crippen molar-refractivity contribution in [1.82, 2.24) is 5.32 Å². The lowest BCUT2D eigenvalue weighted by atomic mass is 9.71. The zero-order valence-electron chi connectivity index (χ0n) is 20.3. The van der Waals surface area contributed by atoms with E-state index in [4.69, 9.17) is 0 Å². The number of ketones is 2. The molecule has 3 aliphatic rings. The standard InChI is InChI=1S/C33H29NO2/c35-29-15-7-13-27-32(29)31(33-28(34-27)14-8-16-30(33)36)25-19-17-22(18-20-25)21-26(23-9-3-1-4-10-23)24-11-5-2-6-12-24/h1-6,9-12,17-21,31,34H,7-8,13-16H2. The van der Waals surface area contributed by atoms with Gasteiger partial charge in [-0.3, -0.25) is 9.59 Å². The Morgan fingerprint density at radius 1 is 0.639 bits per heavy atom. The summed E-state index contributed by atoms with van der Waals surface area (Å²) in [6.45, 7) is 0. The minimum absolute atomic E-state index is 0.179. The van der Waals surface area contributed by atoms with Crippen molar-refractivity contribution in [3.63, 3.8) is 0 Å². The van der Waals surface area contributed by atoms with Gasteiger partial charge < -0.3 is 5.32 Å². The number of dihydropyridines is 1. The van der Waals surface area contributed by atoms with Gasteiger partial charge in [-0.1, -0.05) is 84.9 Å². The van der Waals surface area contributed by atoms with Crippen LogP contribution in [0.15, 0.2) is 107 Å². The molecule has 0 saturated heterocycles. The molecule has 3 nitrogen and oxygen atoms in total. The summed E-state index contributed by atoms with van der Waals surface area (Å²) in [6.07, 6.45) is 6.84. The van der Waals surface area contributed by atoms with Crippen molar-refractivity contribution in [3.05, 3.63) is 130 Å². The van der Waals surface area contributed by atoms with Crippen LogP contribution >= 0.6 is 0 Å². The Bertz CT molecular complexity index is 1330. The van der Waals surface area contributed by atoms with Gasteiger partial charge in [0.2, 0.25) is 0 Å². The van der Waals surface area contributed by atoms with Crippen LogP contribution in [0.4, 0.5) is 0 Å². The van der Waals surface area contributed by atoms with Crippen molar-refractivity contribution >= 4 is 23.2 Å². The maximum absolute atomic E-state index is 13.1. The summed E-state index contributed by atoms with van der Waals surface area (Å²) in [5.74, 6) is 0.105. The Morgan fingerprint density at radius 3 is 1.64 bits per heavy atom. The molecule has 0 bridgehead atoms. The molecule has 1 aliphatic heterocycles. The molecule has 2 aliphatic carbocycles. The average molecular weight is 472 g/mol. The summed E-state index contributed by atoms with van der Waals surface area (Å²) < 4.78 is 0. The van der Waals surface area contributed by atoms with E-state index >= 15 is 0 Å². The first-order chi connectivity index (χ1) is 17.7. The summed E-state index contributed by atoms with van der Waals surface area (Å²) in [6, 6.07) is 29.3. The smallest absolute Gasteiger partial charge is 0.161 e. The summed E-state index contributed by atoms with van der Waals surface area (Å²) in [5, 5.41) is 3.50. The Kier molecular flexibility index (Phi) is 5.98. The number of hydrogen-bond donors (Lipinski definition) is 1. The third kappa shape index (κ3) is 4.15. The number of Topliss-reactive ketones (excluding diaryl/α,β-unsaturated/α-hetero) is 2. The minimum Gasteiger partial charge on any atom is -0.362 e. The molecule has 1 heterocycles. The molecule has 0 radical (unpaired) electrons. The molecule has 6 rings (SSSR count). The van der Waals surface area contributed by atoms with Crippen LogP contribution in [-0.4, -0.2) is 11.6 Å². The summed E-state index contributed by atoms with van der Waals surface area (Å²) in [7, 11) is 0. The fourth-order valence-corrected chi connectivity index (χ4v) is 5.84. The van der Waals surface area contributed by atoms with Crippen LogP contribution in [0, 0.1) is 0 Å². The van der Waals surface area contributed by atoms with Gasteiger partial charge in [0.1, 0.15) is 0 Å². The highest BCUT2D eigenvalue weighted by atomic mass is 16.1. The third-order valence-electron chi connectivity index (χ3n) is 7.54. The van der Waals surface area contributed by atoms with Crippen molar-refractivity contribution < 1.29 is 9.59 Å². The fourth-order valence-electron chi connectivity index (χ4n) is 5.84. The van der Waals surface area contributed by atoms with Gasteiger partial charge in [0.15, 0.2) is 11.6 Å². The van der Waals surface area contributed by atoms with E-state index in [2.05, 4.69) is 84.2 Å². The zero-order valence-corrected chi connectivity index (χ0v) is 20.3. The molecular weight excluding hydrogens is 442 g/mol. The molecule has 0 spiro atoms. The second-order valence-corrected chi connectivity index (χ2v) is 9.85. The van der Waals surface area contributed by atoms with Crippen molar-refractivity contribution in [2.24, 2.45) is 0 Å². The maximum atomic E-state index is 13.1. The first-order valence-electron chi connectivity index (χ1n) is 12.9. The lowest BCUT2D eigenvalue weighted by Crippen LogP contribution is -2.36. The number of allylic oxidation sites excluding steroid dienone is 4. The molecule has 0 unspecified atom stereocenters. The van der Waals surface area contributed by atoms with E-state index in [0.717, 1.165) is 76.1 Å². The first kappa shape index (κ1) is 22.5. The highest BCUT2D eigenvalue weighted by Gasteiger charge is 2.40. The molecule has 178 valence electrons. The van der Waals surface area contributed by atoms with Crippen molar-refractivity contribution in [1.29, 1.82) is 0 Å². The monoisotopic (exact) mass is 471 g/mol. The summed E-state index contributed by atoms with van der Waals surface area (Å²) in [4.78, 5) is 26.2. The van der Waals surface area contributed by atoms with Gasteiger partial charge in [-0.25, -0.2) is 0 Å². The molecule has 0 fully saturated rings. The summed E-state index contributed by atoms with van der Waals surface area (Å²) in [5.41, 5.74) is 9.29. The van der Waals surface area contributed by atoms with Gasteiger partial charge >= 0.3 is 0 Å². The molecule has 0 saturated carbocycles. The number of benzene rings is 3. The van der Waals surface area contributed by atoms with Crippen LogP contribution < -0.4 is 5.32 Å². The van der Waals surface area contributed by atoms with Crippen LogP contribution in [0.3, 0.4) is 0 Å². The van der Waals surface area contributed by atoms with E-state index in [1.54, 1.807) is 0 Å². The number of nitrogens with one attached hydrogen (secondary N) is 1. The maximum Gasteiger partial charge on any atom is 0.161 e. The number of carbonyl (C=O) groups excluding carboxylic acids is 2. The second-order valence-electron chi connectivity index (χ2n) is 9.85. The van der Waals surface area contributed by atoms with Crippen LogP contribution in [-0.2, 0) is 9.59 Å². The number of rotatable bonds is 4. The van der Waals surface area contributed by atoms with Crippen molar-refractivity contribution in [2.45, 2.75) is 44.4 Å². The Balaban J connectivity index is 1.42. The van der Waals surface area contributed by atoms with E-state index in [1.807, 2.05) is 12.1 Å². The van der Waals surface area contributed by atoms with E-state index in [1.165, 1.54) is 0 Å². The second kappa shape index (κ2) is 9.58. The van der Waals surface area contributed by atoms with E-state index in [0.29, 0.717) is 12.8 Å². The zero-order chi connectivity index (χ0) is 24.5. The molecular formula is C33H29NO2. The topological polar surface area (TPSA) is 46.2 Å². The van der Waals surface area contributed by atoms with Crippen LogP contribution in [0.25, 0.3) is 11.6 Å². The Hall–Kier alpha value is -3.98. The van der Waals surface area contributed by atoms with Gasteiger partial charge in [-0.15, -0.1) is 0 Å².